The van der Waals surface area contributed by atoms with Gasteiger partial charge in [-0.2, -0.15) is 8.42 Å². The van der Waals surface area contributed by atoms with Gasteiger partial charge in [0.1, 0.15) is 16.4 Å². The summed E-state index contributed by atoms with van der Waals surface area (Å²) >= 11 is 5.88. The molecule has 0 saturated heterocycles. The molecule has 0 unspecified atom stereocenters. The van der Waals surface area contributed by atoms with Crippen LogP contribution >= 0.6 is 11.6 Å². The molecule has 20 heavy (non-hydrogen) atoms. The van der Waals surface area contributed by atoms with Gasteiger partial charge in [-0.3, -0.25) is 0 Å². The molecule has 0 spiro atoms. The minimum absolute atomic E-state index is 0.0610. The molecule has 2 aromatic carbocycles. The molecule has 0 saturated carbocycles. The summed E-state index contributed by atoms with van der Waals surface area (Å²) in [5.41, 5.74) is 0.745. The minimum atomic E-state index is -3.87. The lowest BCUT2D eigenvalue weighted by Gasteiger charge is -2.08. The van der Waals surface area contributed by atoms with E-state index in [0.29, 0.717) is 10.8 Å². The smallest absolute Gasteiger partial charge is 0.339 e. The molecule has 0 aliphatic carbocycles. The predicted molar refractivity (Wildman–Crippen MR) is 77.0 cm³/mol. The fourth-order valence-electron chi connectivity index (χ4n) is 1.59. The van der Waals surface area contributed by atoms with Gasteiger partial charge in [-0.05, 0) is 55.0 Å². The highest BCUT2D eigenvalue weighted by molar-refractivity contribution is 7.87. The van der Waals surface area contributed by atoms with Crippen molar-refractivity contribution in [3.05, 3.63) is 53.1 Å². The number of rotatable bonds is 4. The lowest BCUT2D eigenvalue weighted by atomic mass is 10.2. The van der Waals surface area contributed by atoms with Crippen LogP contribution in [-0.2, 0) is 10.1 Å². The van der Waals surface area contributed by atoms with Crippen molar-refractivity contribution in [2.75, 3.05) is 7.11 Å². The maximum atomic E-state index is 12.1. The van der Waals surface area contributed by atoms with Crippen LogP contribution in [0.3, 0.4) is 0 Å². The van der Waals surface area contributed by atoms with E-state index in [0.717, 1.165) is 5.56 Å². The third kappa shape index (κ3) is 3.23. The Bertz CT molecular complexity index is 708. The molecule has 106 valence electrons. The molecule has 2 rings (SSSR count). The van der Waals surface area contributed by atoms with Crippen LogP contribution in [0.2, 0.25) is 5.02 Å². The van der Waals surface area contributed by atoms with Crippen molar-refractivity contribution in [3.8, 4) is 11.5 Å². The Morgan fingerprint density at radius 3 is 2.15 bits per heavy atom. The quantitative estimate of drug-likeness (QED) is 0.812. The van der Waals surface area contributed by atoms with Gasteiger partial charge in [0, 0.05) is 5.02 Å². The van der Waals surface area contributed by atoms with E-state index in [4.69, 9.17) is 20.5 Å². The number of ether oxygens (including phenoxy) is 1. The van der Waals surface area contributed by atoms with Crippen molar-refractivity contribution in [2.24, 2.45) is 0 Å². The Morgan fingerprint density at radius 2 is 1.60 bits per heavy atom. The van der Waals surface area contributed by atoms with Gasteiger partial charge in [0.25, 0.3) is 0 Å². The molecule has 0 aliphatic heterocycles. The summed E-state index contributed by atoms with van der Waals surface area (Å²) in [6.07, 6.45) is 0. The van der Waals surface area contributed by atoms with Crippen molar-refractivity contribution < 1.29 is 17.3 Å². The Balaban J connectivity index is 2.27. The second-order valence-corrected chi connectivity index (χ2v) is 6.08. The van der Waals surface area contributed by atoms with E-state index < -0.39 is 10.1 Å². The molecule has 0 fully saturated rings. The topological polar surface area (TPSA) is 52.6 Å². The third-order valence-corrected chi connectivity index (χ3v) is 4.37. The SMILES string of the molecule is COc1ccc(S(=O)(=O)Oc2ccc(Cl)c(C)c2)cc1. The van der Waals surface area contributed by atoms with Crippen LogP contribution in [0.5, 0.6) is 11.5 Å². The zero-order chi connectivity index (χ0) is 14.8. The fraction of sp³-hybridized carbons (Fsp3) is 0.143. The molecule has 0 amide bonds. The van der Waals surface area contributed by atoms with E-state index in [1.807, 2.05) is 0 Å². The van der Waals surface area contributed by atoms with Gasteiger partial charge in [-0.15, -0.1) is 0 Å². The highest BCUT2D eigenvalue weighted by Crippen LogP contribution is 2.24. The zero-order valence-electron chi connectivity index (χ0n) is 11.0. The van der Waals surface area contributed by atoms with Crippen molar-refractivity contribution in [3.63, 3.8) is 0 Å². The fourth-order valence-corrected chi connectivity index (χ4v) is 2.63. The maximum Gasteiger partial charge on any atom is 0.339 e. The highest BCUT2D eigenvalue weighted by atomic mass is 35.5. The first-order valence-electron chi connectivity index (χ1n) is 5.77. The van der Waals surface area contributed by atoms with Gasteiger partial charge in [0.05, 0.1) is 7.11 Å². The average molecular weight is 313 g/mol. The van der Waals surface area contributed by atoms with E-state index in [9.17, 15) is 8.42 Å². The third-order valence-electron chi connectivity index (χ3n) is 2.68. The summed E-state index contributed by atoms with van der Waals surface area (Å²) in [4.78, 5) is 0.0610. The van der Waals surface area contributed by atoms with E-state index in [2.05, 4.69) is 0 Å². The molecule has 2 aromatic rings. The zero-order valence-corrected chi connectivity index (χ0v) is 12.5. The van der Waals surface area contributed by atoms with Crippen LogP contribution in [-0.4, -0.2) is 15.5 Å². The molecular formula is C14H13ClO4S. The molecule has 0 bridgehead atoms. The van der Waals surface area contributed by atoms with Crippen LogP contribution in [0.4, 0.5) is 0 Å². The second-order valence-electron chi connectivity index (χ2n) is 4.12. The Hall–Kier alpha value is -1.72. The molecule has 0 atom stereocenters. The lowest BCUT2D eigenvalue weighted by Crippen LogP contribution is -2.09. The number of halogens is 1. The molecule has 6 heteroatoms. The molecule has 4 nitrogen and oxygen atoms in total. The second kappa shape index (κ2) is 5.73. The van der Waals surface area contributed by atoms with Gasteiger partial charge in [-0.25, -0.2) is 0 Å². The van der Waals surface area contributed by atoms with Gasteiger partial charge >= 0.3 is 10.1 Å². The molecule has 0 aromatic heterocycles. The summed E-state index contributed by atoms with van der Waals surface area (Å²) in [6, 6.07) is 10.6. The van der Waals surface area contributed by atoms with Crippen molar-refractivity contribution in [2.45, 2.75) is 11.8 Å². The number of aryl methyl sites for hydroxylation is 1. The van der Waals surface area contributed by atoms with Gasteiger partial charge < -0.3 is 8.92 Å². The summed E-state index contributed by atoms with van der Waals surface area (Å²) in [5, 5.41) is 0.555. The van der Waals surface area contributed by atoms with Crippen LogP contribution in [0.15, 0.2) is 47.4 Å². The van der Waals surface area contributed by atoms with Crippen molar-refractivity contribution in [1.29, 1.82) is 0 Å². The van der Waals surface area contributed by atoms with E-state index in [1.54, 1.807) is 31.2 Å². The number of hydrogen-bond acceptors (Lipinski definition) is 4. The average Bonchev–Trinajstić information content (AvgIpc) is 2.43. The van der Waals surface area contributed by atoms with Gasteiger partial charge in [0.2, 0.25) is 0 Å². The lowest BCUT2D eigenvalue weighted by molar-refractivity contribution is 0.414. The maximum absolute atomic E-state index is 12.1. The summed E-state index contributed by atoms with van der Waals surface area (Å²) in [5.74, 6) is 0.800. The van der Waals surface area contributed by atoms with E-state index in [-0.39, 0.29) is 10.6 Å². The Kier molecular flexibility index (Phi) is 4.20. The standard InChI is InChI=1S/C14H13ClO4S/c1-10-9-12(5-8-14(10)15)19-20(16,17)13-6-3-11(18-2)4-7-13/h3-9H,1-2H3. The number of hydrogen-bond donors (Lipinski definition) is 0. The largest absolute Gasteiger partial charge is 0.497 e. The summed E-state index contributed by atoms with van der Waals surface area (Å²) in [7, 11) is -2.36. The van der Waals surface area contributed by atoms with E-state index in [1.165, 1.54) is 25.3 Å². The monoisotopic (exact) mass is 312 g/mol. The predicted octanol–water partition coefficient (Wildman–Crippen LogP) is 3.42. The molecule has 0 heterocycles. The van der Waals surface area contributed by atoms with Crippen LogP contribution in [0.25, 0.3) is 0 Å². The Morgan fingerprint density at radius 1 is 1.00 bits per heavy atom. The molecule has 0 aliphatic rings. The normalized spacial score (nSPS) is 11.2. The highest BCUT2D eigenvalue weighted by Gasteiger charge is 2.17. The molecule has 0 radical (unpaired) electrons. The van der Waals surface area contributed by atoms with Crippen LogP contribution in [0.1, 0.15) is 5.56 Å². The first kappa shape index (κ1) is 14.7. The number of benzene rings is 2. The molecular weight excluding hydrogens is 300 g/mol. The first-order chi connectivity index (χ1) is 9.42. The van der Waals surface area contributed by atoms with E-state index >= 15 is 0 Å². The van der Waals surface area contributed by atoms with Crippen LogP contribution in [0, 0.1) is 6.92 Å². The minimum Gasteiger partial charge on any atom is -0.497 e. The first-order valence-corrected chi connectivity index (χ1v) is 7.56. The summed E-state index contributed by atoms with van der Waals surface area (Å²) in [6.45, 7) is 1.77. The van der Waals surface area contributed by atoms with Crippen molar-refractivity contribution in [1.82, 2.24) is 0 Å². The Labute approximate surface area is 123 Å². The number of methoxy groups -OCH3 is 1. The van der Waals surface area contributed by atoms with Gasteiger partial charge in [-0.1, -0.05) is 11.6 Å². The van der Waals surface area contributed by atoms with Gasteiger partial charge in [0.15, 0.2) is 0 Å². The molecule has 0 N–H and O–H groups in total. The summed E-state index contributed by atoms with van der Waals surface area (Å²) < 4.78 is 34.3. The van der Waals surface area contributed by atoms with Crippen LogP contribution < -0.4 is 8.92 Å². The van der Waals surface area contributed by atoms with Crippen molar-refractivity contribution >= 4 is 21.7 Å².